The molecule has 2 N–H and O–H groups in total. The number of benzene rings is 1. The molecule has 19 heavy (non-hydrogen) atoms. The molecule has 1 unspecified atom stereocenters. The van der Waals surface area contributed by atoms with E-state index in [0.29, 0.717) is 17.3 Å². The normalized spacial score (nSPS) is 12.4. The molecule has 0 aromatic heterocycles. The second-order valence-electron chi connectivity index (χ2n) is 4.17. The quantitative estimate of drug-likeness (QED) is 0.647. The van der Waals surface area contributed by atoms with E-state index in [1.165, 1.54) is 0 Å². The van der Waals surface area contributed by atoms with Crippen molar-refractivity contribution in [2.75, 3.05) is 32.9 Å². The minimum Gasteiger partial charge on any atom is -0.491 e. The average molecular weight is 288 g/mol. The third-order valence-corrected chi connectivity index (χ3v) is 2.73. The zero-order valence-corrected chi connectivity index (χ0v) is 12.0. The van der Waals surface area contributed by atoms with Crippen molar-refractivity contribution in [3.63, 3.8) is 0 Å². The van der Waals surface area contributed by atoms with E-state index >= 15 is 0 Å². The molecule has 0 fully saturated rings. The summed E-state index contributed by atoms with van der Waals surface area (Å²) in [6.45, 7) is 5.08. The fourth-order valence-electron chi connectivity index (χ4n) is 1.49. The SMILES string of the molecule is CCOCCCNCC(O)COc1ccc(Cl)cc1. The van der Waals surface area contributed by atoms with Gasteiger partial charge in [0.05, 0.1) is 0 Å². The summed E-state index contributed by atoms with van der Waals surface area (Å²) < 4.78 is 10.7. The Hall–Kier alpha value is -0.810. The van der Waals surface area contributed by atoms with Gasteiger partial charge in [-0.1, -0.05) is 11.6 Å². The van der Waals surface area contributed by atoms with Gasteiger partial charge in [-0.2, -0.15) is 0 Å². The molecule has 1 rings (SSSR count). The highest BCUT2D eigenvalue weighted by atomic mass is 35.5. The first-order valence-electron chi connectivity index (χ1n) is 6.57. The van der Waals surface area contributed by atoms with E-state index in [4.69, 9.17) is 21.1 Å². The summed E-state index contributed by atoms with van der Waals surface area (Å²) in [7, 11) is 0. The molecule has 0 heterocycles. The van der Waals surface area contributed by atoms with E-state index in [2.05, 4.69) is 5.32 Å². The molecule has 0 spiro atoms. The van der Waals surface area contributed by atoms with Crippen LogP contribution in [-0.4, -0.2) is 44.1 Å². The van der Waals surface area contributed by atoms with Crippen LogP contribution in [0.2, 0.25) is 5.02 Å². The number of aliphatic hydroxyl groups is 1. The molecule has 1 aromatic rings. The number of hydrogen-bond acceptors (Lipinski definition) is 4. The lowest BCUT2D eigenvalue weighted by atomic mass is 10.3. The Balaban J connectivity index is 2.04. The Kier molecular flexibility index (Phi) is 8.58. The van der Waals surface area contributed by atoms with E-state index < -0.39 is 6.10 Å². The first-order chi connectivity index (χ1) is 9.22. The van der Waals surface area contributed by atoms with Crippen LogP contribution in [0, 0.1) is 0 Å². The number of hydrogen-bond donors (Lipinski definition) is 2. The molecule has 0 aliphatic rings. The van der Waals surface area contributed by atoms with Crippen molar-refractivity contribution in [1.82, 2.24) is 5.32 Å². The van der Waals surface area contributed by atoms with Crippen LogP contribution in [0.3, 0.4) is 0 Å². The lowest BCUT2D eigenvalue weighted by Gasteiger charge is -2.13. The second kappa shape index (κ2) is 10.0. The van der Waals surface area contributed by atoms with Gasteiger partial charge in [-0.05, 0) is 44.2 Å². The van der Waals surface area contributed by atoms with Crippen LogP contribution in [0.4, 0.5) is 0 Å². The second-order valence-corrected chi connectivity index (χ2v) is 4.61. The van der Waals surface area contributed by atoms with Crippen molar-refractivity contribution in [2.24, 2.45) is 0 Å². The largest absolute Gasteiger partial charge is 0.491 e. The average Bonchev–Trinajstić information content (AvgIpc) is 2.42. The van der Waals surface area contributed by atoms with Crippen molar-refractivity contribution < 1.29 is 14.6 Å². The van der Waals surface area contributed by atoms with Gasteiger partial charge in [-0.3, -0.25) is 0 Å². The van der Waals surface area contributed by atoms with Crippen LogP contribution >= 0.6 is 11.6 Å². The van der Waals surface area contributed by atoms with Gasteiger partial charge in [0.25, 0.3) is 0 Å². The molecule has 0 aliphatic heterocycles. The van der Waals surface area contributed by atoms with Gasteiger partial charge in [-0.15, -0.1) is 0 Å². The minimum atomic E-state index is -0.525. The molecule has 1 aromatic carbocycles. The van der Waals surface area contributed by atoms with Crippen molar-refractivity contribution >= 4 is 11.6 Å². The van der Waals surface area contributed by atoms with Gasteiger partial charge in [-0.25, -0.2) is 0 Å². The van der Waals surface area contributed by atoms with Crippen molar-refractivity contribution in [3.05, 3.63) is 29.3 Å². The van der Waals surface area contributed by atoms with Crippen molar-refractivity contribution in [1.29, 1.82) is 0 Å². The molecule has 1 atom stereocenters. The van der Waals surface area contributed by atoms with E-state index in [-0.39, 0.29) is 6.61 Å². The van der Waals surface area contributed by atoms with Crippen LogP contribution in [-0.2, 0) is 4.74 Å². The molecule has 0 saturated carbocycles. The molecular weight excluding hydrogens is 266 g/mol. The van der Waals surface area contributed by atoms with Crippen molar-refractivity contribution in [3.8, 4) is 5.75 Å². The number of rotatable bonds is 10. The monoisotopic (exact) mass is 287 g/mol. The summed E-state index contributed by atoms with van der Waals surface area (Å²) in [6, 6.07) is 7.08. The summed E-state index contributed by atoms with van der Waals surface area (Å²) in [6.07, 6.45) is 0.418. The lowest BCUT2D eigenvalue weighted by Crippen LogP contribution is -2.32. The summed E-state index contributed by atoms with van der Waals surface area (Å²) >= 11 is 5.77. The van der Waals surface area contributed by atoms with E-state index in [1.54, 1.807) is 24.3 Å². The van der Waals surface area contributed by atoms with Gasteiger partial charge < -0.3 is 19.9 Å². The molecule has 5 heteroatoms. The zero-order valence-electron chi connectivity index (χ0n) is 11.3. The first-order valence-corrected chi connectivity index (χ1v) is 6.95. The first kappa shape index (κ1) is 16.2. The van der Waals surface area contributed by atoms with Crippen LogP contribution in [0.1, 0.15) is 13.3 Å². The predicted molar refractivity (Wildman–Crippen MR) is 76.9 cm³/mol. The van der Waals surface area contributed by atoms with Crippen molar-refractivity contribution in [2.45, 2.75) is 19.4 Å². The Morgan fingerprint density at radius 3 is 2.74 bits per heavy atom. The van der Waals surface area contributed by atoms with Crippen LogP contribution in [0.25, 0.3) is 0 Å². The van der Waals surface area contributed by atoms with E-state index in [1.807, 2.05) is 6.92 Å². The Labute approximate surface area is 119 Å². The highest BCUT2D eigenvalue weighted by Gasteiger charge is 2.04. The summed E-state index contributed by atoms with van der Waals surface area (Å²) in [5.41, 5.74) is 0. The number of halogens is 1. The standard InChI is InChI=1S/C14H22ClNO3/c1-2-18-9-3-8-16-10-13(17)11-19-14-6-4-12(15)5-7-14/h4-7,13,16-17H,2-3,8-11H2,1H3. The van der Waals surface area contributed by atoms with Gasteiger partial charge in [0.15, 0.2) is 0 Å². The summed E-state index contributed by atoms with van der Waals surface area (Å²) in [4.78, 5) is 0. The minimum absolute atomic E-state index is 0.264. The van der Waals surface area contributed by atoms with Gasteiger partial charge in [0.1, 0.15) is 18.5 Å². The fourth-order valence-corrected chi connectivity index (χ4v) is 1.62. The zero-order chi connectivity index (χ0) is 13.9. The third kappa shape index (κ3) is 8.06. The van der Waals surface area contributed by atoms with Gasteiger partial charge in [0, 0.05) is 24.8 Å². The molecule has 108 valence electrons. The molecule has 0 radical (unpaired) electrons. The maximum atomic E-state index is 9.72. The molecule has 0 aliphatic carbocycles. The van der Waals surface area contributed by atoms with Gasteiger partial charge in [0.2, 0.25) is 0 Å². The molecule has 0 amide bonds. The Bertz CT molecular complexity index is 332. The Morgan fingerprint density at radius 1 is 1.32 bits per heavy atom. The van der Waals surface area contributed by atoms with Gasteiger partial charge >= 0.3 is 0 Å². The molecular formula is C14H22ClNO3. The molecule has 0 saturated heterocycles. The Morgan fingerprint density at radius 2 is 2.05 bits per heavy atom. The van der Waals surface area contributed by atoms with E-state index in [0.717, 1.165) is 26.2 Å². The van der Waals surface area contributed by atoms with Crippen LogP contribution < -0.4 is 10.1 Å². The summed E-state index contributed by atoms with van der Waals surface area (Å²) in [5.74, 6) is 0.708. The van der Waals surface area contributed by atoms with Crippen LogP contribution in [0.5, 0.6) is 5.75 Å². The summed E-state index contributed by atoms with van der Waals surface area (Å²) in [5, 5.41) is 13.6. The predicted octanol–water partition coefficient (Wildman–Crippen LogP) is 2.10. The number of aliphatic hydroxyl groups excluding tert-OH is 1. The van der Waals surface area contributed by atoms with Crippen LogP contribution in [0.15, 0.2) is 24.3 Å². The topological polar surface area (TPSA) is 50.7 Å². The smallest absolute Gasteiger partial charge is 0.119 e. The maximum Gasteiger partial charge on any atom is 0.119 e. The number of ether oxygens (including phenoxy) is 2. The third-order valence-electron chi connectivity index (χ3n) is 2.48. The maximum absolute atomic E-state index is 9.72. The molecule has 0 bridgehead atoms. The molecule has 4 nitrogen and oxygen atoms in total. The van der Waals surface area contributed by atoms with E-state index in [9.17, 15) is 5.11 Å². The lowest BCUT2D eigenvalue weighted by molar-refractivity contribution is 0.104. The number of nitrogens with one attached hydrogen (secondary N) is 1. The highest BCUT2D eigenvalue weighted by Crippen LogP contribution is 2.15. The fraction of sp³-hybridized carbons (Fsp3) is 0.571. The highest BCUT2D eigenvalue weighted by molar-refractivity contribution is 6.30.